The molecule has 0 aliphatic rings. The quantitative estimate of drug-likeness (QED) is 0.657. The highest BCUT2D eigenvalue weighted by Crippen LogP contribution is 2.06. The highest BCUT2D eigenvalue weighted by atomic mass is 16.3. The number of hydrogen-bond acceptors (Lipinski definition) is 3. The van der Waals surface area contributed by atoms with Crippen molar-refractivity contribution in [3.05, 3.63) is 23.7 Å². The van der Waals surface area contributed by atoms with E-state index in [1.54, 1.807) is 0 Å². The standard InChI is InChI=1S/C10H18N2O/c1-2-3-6-12-8-10-5-4-9(7-11)13-10/h4-5,12H,2-3,6-8,11H2,1H3. The number of nitrogens with one attached hydrogen (secondary N) is 1. The van der Waals surface area contributed by atoms with Gasteiger partial charge in [-0.2, -0.15) is 0 Å². The summed E-state index contributed by atoms with van der Waals surface area (Å²) in [4.78, 5) is 0. The number of unbranched alkanes of at least 4 members (excludes halogenated alkanes) is 1. The molecule has 1 rings (SSSR count). The zero-order valence-electron chi connectivity index (χ0n) is 8.18. The fourth-order valence-corrected chi connectivity index (χ4v) is 1.14. The first kappa shape index (κ1) is 10.3. The zero-order valence-corrected chi connectivity index (χ0v) is 8.18. The van der Waals surface area contributed by atoms with E-state index in [4.69, 9.17) is 10.2 Å². The minimum absolute atomic E-state index is 0.481. The molecule has 3 N–H and O–H groups in total. The molecule has 0 aliphatic carbocycles. The molecule has 1 aromatic heterocycles. The average molecular weight is 182 g/mol. The largest absolute Gasteiger partial charge is 0.463 e. The molecule has 0 aliphatic heterocycles. The predicted molar refractivity (Wildman–Crippen MR) is 53.2 cm³/mol. The van der Waals surface area contributed by atoms with Gasteiger partial charge in [0.15, 0.2) is 0 Å². The van der Waals surface area contributed by atoms with Crippen LogP contribution in [0.1, 0.15) is 31.3 Å². The van der Waals surface area contributed by atoms with Crippen LogP contribution in [0.15, 0.2) is 16.5 Å². The summed E-state index contributed by atoms with van der Waals surface area (Å²) in [6.07, 6.45) is 2.43. The fourth-order valence-electron chi connectivity index (χ4n) is 1.14. The molecule has 0 atom stereocenters. The first-order valence-electron chi connectivity index (χ1n) is 4.85. The molecular weight excluding hydrogens is 164 g/mol. The molecule has 0 bridgehead atoms. The van der Waals surface area contributed by atoms with Crippen molar-refractivity contribution in [1.82, 2.24) is 5.32 Å². The van der Waals surface area contributed by atoms with Crippen molar-refractivity contribution in [3.8, 4) is 0 Å². The predicted octanol–water partition coefficient (Wildman–Crippen LogP) is 1.63. The Morgan fingerprint density at radius 1 is 1.38 bits per heavy atom. The van der Waals surface area contributed by atoms with Crippen LogP contribution in [0.25, 0.3) is 0 Å². The third-order valence-corrected chi connectivity index (χ3v) is 1.92. The number of rotatable bonds is 6. The van der Waals surface area contributed by atoms with E-state index in [1.165, 1.54) is 12.8 Å². The molecule has 0 amide bonds. The number of nitrogens with two attached hydrogens (primary N) is 1. The van der Waals surface area contributed by atoms with Crippen molar-refractivity contribution in [2.75, 3.05) is 6.54 Å². The van der Waals surface area contributed by atoms with E-state index in [1.807, 2.05) is 12.1 Å². The van der Waals surface area contributed by atoms with E-state index in [9.17, 15) is 0 Å². The van der Waals surface area contributed by atoms with Crippen LogP contribution in [-0.4, -0.2) is 6.54 Å². The third-order valence-electron chi connectivity index (χ3n) is 1.92. The van der Waals surface area contributed by atoms with Crippen LogP contribution in [0, 0.1) is 0 Å². The van der Waals surface area contributed by atoms with Gasteiger partial charge in [-0.05, 0) is 25.1 Å². The maximum atomic E-state index is 5.43. The van der Waals surface area contributed by atoms with E-state index in [-0.39, 0.29) is 0 Å². The lowest BCUT2D eigenvalue weighted by atomic mass is 10.3. The highest BCUT2D eigenvalue weighted by Gasteiger charge is 1.98. The molecule has 0 spiro atoms. The Bertz CT molecular complexity index is 233. The molecule has 1 aromatic rings. The topological polar surface area (TPSA) is 51.2 Å². The first-order valence-corrected chi connectivity index (χ1v) is 4.85. The smallest absolute Gasteiger partial charge is 0.118 e. The van der Waals surface area contributed by atoms with Crippen LogP contribution >= 0.6 is 0 Å². The second kappa shape index (κ2) is 5.78. The first-order chi connectivity index (χ1) is 6.36. The van der Waals surface area contributed by atoms with Crippen molar-refractivity contribution >= 4 is 0 Å². The lowest BCUT2D eigenvalue weighted by Crippen LogP contribution is -2.13. The normalized spacial score (nSPS) is 10.6. The third kappa shape index (κ3) is 3.61. The van der Waals surface area contributed by atoms with Crippen molar-refractivity contribution < 1.29 is 4.42 Å². The Balaban J connectivity index is 2.20. The molecule has 0 saturated carbocycles. The molecule has 0 radical (unpaired) electrons. The SMILES string of the molecule is CCCCNCc1ccc(CN)o1. The van der Waals surface area contributed by atoms with Gasteiger partial charge in [0.2, 0.25) is 0 Å². The van der Waals surface area contributed by atoms with Gasteiger partial charge >= 0.3 is 0 Å². The van der Waals surface area contributed by atoms with Crippen LogP contribution in [0.4, 0.5) is 0 Å². The summed E-state index contributed by atoms with van der Waals surface area (Å²) in [6.45, 7) is 4.52. The Hall–Kier alpha value is -0.800. The van der Waals surface area contributed by atoms with Crippen molar-refractivity contribution in [3.63, 3.8) is 0 Å². The van der Waals surface area contributed by atoms with Crippen LogP contribution in [0.5, 0.6) is 0 Å². The average Bonchev–Trinajstić information content (AvgIpc) is 2.60. The summed E-state index contributed by atoms with van der Waals surface area (Å²) in [6, 6.07) is 3.90. The summed E-state index contributed by atoms with van der Waals surface area (Å²) >= 11 is 0. The number of furan rings is 1. The van der Waals surface area contributed by atoms with E-state index < -0.39 is 0 Å². The van der Waals surface area contributed by atoms with Gasteiger partial charge in [0.05, 0.1) is 13.1 Å². The van der Waals surface area contributed by atoms with E-state index >= 15 is 0 Å². The Morgan fingerprint density at radius 3 is 2.77 bits per heavy atom. The lowest BCUT2D eigenvalue weighted by Gasteiger charge is -1.99. The molecule has 0 saturated heterocycles. The van der Waals surface area contributed by atoms with Gasteiger partial charge < -0.3 is 15.5 Å². The van der Waals surface area contributed by atoms with E-state index in [2.05, 4.69) is 12.2 Å². The van der Waals surface area contributed by atoms with Crippen LogP contribution in [0.3, 0.4) is 0 Å². The number of hydrogen-bond donors (Lipinski definition) is 2. The highest BCUT2D eigenvalue weighted by molar-refractivity contribution is 5.06. The lowest BCUT2D eigenvalue weighted by molar-refractivity contribution is 0.447. The second-order valence-corrected chi connectivity index (χ2v) is 3.10. The molecule has 13 heavy (non-hydrogen) atoms. The van der Waals surface area contributed by atoms with E-state index in [0.717, 1.165) is 24.6 Å². The monoisotopic (exact) mass is 182 g/mol. The maximum Gasteiger partial charge on any atom is 0.118 e. The molecule has 1 heterocycles. The Labute approximate surface area is 79.3 Å². The molecule has 3 nitrogen and oxygen atoms in total. The fraction of sp³-hybridized carbons (Fsp3) is 0.600. The second-order valence-electron chi connectivity index (χ2n) is 3.10. The van der Waals surface area contributed by atoms with E-state index in [0.29, 0.717) is 6.54 Å². The minimum Gasteiger partial charge on any atom is -0.463 e. The summed E-state index contributed by atoms with van der Waals surface area (Å²) in [5.41, 5.74) is 5.43. The zero-order chi connectivity index (χ0) is 9.52. The van der Waals surface area contributed by atoms with Gasteiger partial charge in [-0.15, -0.1) is 0 Å². The molecular formula is C10H18N2O. The van der Waals surface area contributed by atoms with Crippen LogP contribution < -0.4 is 11.1 Å². The van der Waals surface area contributed by atoms with Crippen LogP contribution in [0.2, 0.25) is 0 Å². The van der Waals surface area contributed by atoms with Gasteiger partial charge in [0.1, 0.15) is 11.5 Å². The minimum atomic E-state index is 0.481. The van der Waals surface area contributed by atoms with Gasteiger partial charge in [-0.25, -0.2) is 0 Å². The summed E-state index contributed by atoms with van der Waals surface area (Å²) in [7, 11) is 0. The molecule has 74 valence electrons. The maximum absolute atomic E-state index is 5.43. The van der Waals surface area contributed by atoms with Gasteiger partial charge in [-0.1, -0.05) is 13.3 Å². The van der Waals surface area contributed by atoms with Crippen molar-refractivity contribution in [1.29, 1.82) is 0 Å². The van der Waals surface area contributed by atoms with Crippen LogP contribution in [-0.2, 0) is 13.1 Å². The van der Waals surface area contributed by atoms with Gasteiger partial charge in [-0.3, -0.25) is 0 Å². The Kier molecular flexibility index (Phi) is 4.57. The Morgan fingerprint density at radius 2 is 2.15 bits per heavy atom. The molecule has 0 aromatic carbocycles. The molecule has 0 fully saturated rings. The van der Waals surface area contributed by atoms with Crippen molar-refractivity contribution in [2.24, 2.45) is 5.73 Å². The molecule has 0 unspecified atom stereocenters. The van der Waals surface area contributed by atoms with Crippen molar-refractivity contribution in [2.45, 2.75) is 32.9 Å². The summed E-state index contributed by atoms with van der Waals surface area (Å²) < 4.78 is 5.43. The molecule has 3 heteroatoms. The summed E-state index contributed by atoms with van der Waals surface area (Å²) in [5.74, 6) is 1.82. The van der Waals surface area contributed by atoms with Gasteiger partial charge in [0, 0.05) is 0 Å². The summed E-state index contributed by atoms with van der Waals surface area (Å²) in [5, 5.41) is 3.31. The van der Waals surface area contributed by atoms with Gasteiger partial charge in [0.25, 0.3) is 0 Å².